The molecular formula is C19H32N4O2. The molecule has 1 aliphatic heterocycles. The Hall–Kier alpha value is -1.79. The number of nitrogens with one attached hydrogen (secondary N) is 1. The Morgan fingerprint density at radius 1 is 1.24 bits per heavy atom. The van der Waals surface area contributed by atoms with Crippen molar-refractivity contribution in [1.82, 2.24) is 9.80 Å². The van der Waals surface area contributed by atoms with Gasteiger partial charge in [-0.2, -0.15) is 0 Å². The molecule has 0 aromatic heterocycles. The number of hydrogen-bond acceptors (Lipinski definition) is 4. The van der Waals surface area contributed by atoms with Crippen molar-refractivity contribution >= 4 is 17.4 Å². The summed E-state index contributed by atoms with van der Waals surface area (Å²) in [6.07, 6.45) is 2.27. The van der Waals surface area contributed by atoms with Crippen LogP contribution in [0.2, 0.25) is 0 Å². The van der Waals surface area contributed by atoms with E-state index in [4.69, 9.17) is 4.74 Å². The SMILES string of the molecule is Cc1cc(NC(=O)N(CCN(C)C)CC2CCCO2)ccc1N(C)C. The Kier molecular flexibility index (Phi) is 7.08. The molecule has 1 aromatic rings. The van der Waals surface area contributed by atoms with E-state index >= 15 is 0 Å². The van der Waals surface area contributed by atoms with Crippen molar-refractivity contribution in [2.24, 2.45) is 0 Å². The molecule has 0 saturated carbocycles. The molecule has 0 spiro atoms. The summed E-state index contributed by atoms with van der Waals surface area (Å²) < 4.78 is 5.71. The van der Waals surface area contributed by atoms with Crippen molar-refractivity contribution < 1.29 is 9.53 Å². The maximum absolute atomic E-state index is 12.8. The molecule has 1 aromatic carbocycles. The number of hydrogen-bond donors (Lipinski definition) is 1. The predicted octanol–water partition coefficient (Wildman–Crippen LogP) is 2.64. The monoisotopic (exact) mass is 348 g/mol. The number of carbonyl (C=O) groups is 1. The number of nitrogens with zero attached hydrogens (tertiary/aromatic N) is 3. The van der Waals surface area contributed by atoms with Gasteiger partial charge in [0.15, 0.2) is 0 Å². The fourth-order valence-corrected chi connectivity index (χ4v) is 3.07. The summed E-state index contributed by atoms with van der Waals surface area (Å²) >= 11 is 0. The maximum Gasteiger partial charge on any atom is 0.321 e. The standard InChI is InChI=1S/C19H32N4O2/c1-15-13-16(8-9-18(15)22(4)5)20-19(24)23(11-10-21(2)3)14-17-7-6-12-25-17/h8-9,13,17H,6-7,10-12,14H2,1-5H3,(H,20,24). The molecule has 2 rings (SSSR count). The van der Waals surface area contributed by atoms with Crippen LogP contribution < -0.4 is 10.2 Å². The first-order chi connectivity index (χ1) is 11.9. The van der Waals surface area contributed by atoms with Gasteiger partial charge in [-0.3, -0.25) is 0 Å². The summed E-state index contributed by atoms with van der Waals surface area (Å²) in [6.45, 7) is 5.03. The number of carbonyl (C=O) groups excluding carboxylic acids is 1. The fourth-order valence-electron chi connectivity index (χ4n) is 3.07. The second-order valence-electron chi connectivity index (χ2n) is 7.21. The minimum absolute atomic E-state index is 0.0608. The highest BCUT2D eigenvalue weighted by atomic mass is 16.5. The number of amides is 2. The van der Waals surface area contributed by atoms with Crippen LogP contribution in [0.15, 0.2) is 18.2 Å². The van der Waals surface area contributed by atoms with Gasteiger partial charge in [0, 0.05) is 51.7 Å². The Morgan fingerprint density at radius 2 is 2.00 bits per heavy atom. The molecule has 0 aliphatic carbocycles. The van der Waals surface area contributed by atoms with Crippen LogP contribution in [-0.4, -0.2) is 76.4 Å². The fraction of sp³-hybridized carbons (Fsp3) is 0.632. The molecule has 0 bridgehead atoms. The molecule has 140 valence electrons. The van der Waals surface area contributed by atoms with Crippen molar-refractivity contribution in [3.8, 4) is 0 Å². The van der Waals surface area contributed by atoms with E-state index in [1.807, 2.05) is 51.3 Å². The van der Waals surface area contributed by atoms with E-state index in [1.54, 1.807) is 0 Å². The molecular weight excluding hydrogens is 316 g/mol. The highest BCUT2D eigenvalue weighted by Crippen LogP contribution is 2.22. The number of ether oxygens (including phenoxy) is 1. The molecule has 1 N–H and O–H groups in total. The molecule has 0 radical (unpaired) electrons. The molecule has 1 saturated heterocycles. The third-order valence-electron chi connectivity index (χ3n) is 4.48. The summed E-state index contributed by atoms with van der Waals surface area (Å²) in [4.78, 5) is 18.8. The van der Waals surface area contributed by atoms with Crippen LogP contribution in [-0.2, 0) is 4.74 Å². The van der Waals surface area contributed by atoms with E-state index in [0.29, 0.717) is 13.1 Å². The van der Waals surface area contributed by atoms with Crippen LogP contribution in [0.25, 0.3) is 0 Å². The average molecular weight is 348 g/mol. The van der Waals surface area contributed by atoms with Crippen LogP contribution in [0, 0.1) is 6.92 Å². The van der Waals surface area contributed by atoms with Crippen molar-refractivity contribution in [2.45, 2.75) is 25.9 Å². The zero-order valence-electron chi connectivity index (χ0n) is 16.2. The van der Waals surface area contributed by atoms with Crippen LogP contribution in [0.4, 0.5) is 16.2 Å². The van der Waals surface area contributed by atoms with Gasteiger partial charge in [0.2, 0.25) is 0 Å². The van der Waals surface area contributed by atoms with Crippen molar-refractivity contribution in [3.63, 3.8) is 0 Å². The van der Waals surface area contributed by atoms with Gasteiger partial charge in [-0.1, -0.05) is 0 Å². The number of aryl methyl sites for hydroxylation is 1. The topological polar surface area (TPSA) is 48.1 Å². The van der Waals surface area contributed by atoms with Gasteiger partial charge >= 0.3 is 6.03 Å². The lowest BCUT2D eigenvalue weighted by atomic mass is 10.1. The highest BCUT2D eigenvalue weighted by Gasteiger charge is 2.22. The van der Waals surface area contributed by atoms with Crippen molar-refractivity contribution in [1.29, 1.82) is 0 Å². The van der Waals surface area contributed by atoms with Gasteiger partial charge in [-0.15, -0.1) is 0 Å². The van der Waals surface area contributed by atoms with Gasteiger partial charge < -0.3 is 24.8 Å². The van der Waals surface area contributed by atoms with E-state index < -0.39 is 0 Å². The average Bonchev–Trinajstić information content (AvgIpc) is 3.03. The largest absolute Gasteiger partial charge is 0.377 e. The summed E-state index contributed by atoms with van der Waals surface area (Å²) in [5, 5.41) is 3.04. The lowest BCUT2D eigenvalue weighted by Crippen LogP contribution is -2.43. The van der Waals surface area contributed by atoms with E-state index in [9.17, 15) is 4.79 Å². The lowest BCUT2D eigenvalue weighted by molar-refractivity contribution is 0.0820. The molecule has 6 nitrogen and oxygen atoms in total. The minimum atomic E-state index is -0.0608. The summed E-state index contributed by atoms with van der Waals surface area (Å²) in [6, 6.07) is 5.95. The van der Waals surface area contributed by atoms with E-state index in [-0.39, 0.29) is 12.1 Å². The molecule has 6 heteroatoms. The predicted molar refractivity (Wildman–Crippen MR) is 104 cm³/mol. The van der Waals surface area contributed by atoms with E-state index in [1.165, 1.54) is 0 Å². The maximum atomic E-state index is 12.8. The van der Waals surface area contributed by atoms with Crippen molar-refractivity contribution in [3.05, 3.63) is 23.8 Å². The smallest absolute Gasteiger partial charge is 0.321 e. The molecule has 1 heterocycles. The number of likely N-dealkylation sites (N-methyl/N-ethyl adjacent to an activating group) is 1. The molecule has 1 atom stereocenters. The number of urea groups is 1. The van der Waals surface area contributed by atoms with Crippen LogP contribution in [0.5, 0.6) is 0 Å². The van der Waals surface area contributed by atoms with E-state index in [0.717, 1.165) is 42.9 Å². The second kappa shape index (κ2) is 9.06. The zero-order chi connectivity index (χ0) is 18.4. The summed E-state index contributed by atoms with van der Waals surface area (Å²) in [7, 11) is 8.08. The van der Waals surface area contributed by atoms with Gasteiger partial charge in [0.25, 0.3) is 0 Å². The van der Waals surface area contributed by atoms with Crippen LogP contribution >= 0.6 is 0 Å². The van der Waals surface area contributed by atoms with Crippen molar-refractivity contribution in [2.75, 3.05) is 64.6 Å². The third kappa shape index (κ3) is 5.90. The molecule has 1 unspecified atom stereocenters. The number of anilines is 2. The molecule has 2 amide bonds. The Morgan fingerprint density at radius 3 is 2.56 bits per heavy atom. The summed E-state index contributed by atoms with van der Waals surface area (Å²) in [5.74, 6) is 0. The zero-order valence-corrected chi connectivity index (χ0v) is 16.2. The third-order valence-corrected chi connectivity index (χ3v) is 4.48. The van der Waals surface area contributed by atoms with Gasteiger partial charge in [-0.05, 0) is 57.6 Å². The second-order valence-corrected chi connectivity index (χ2v) is 7.21. The molecule has 25 heavy (non-hydrogen) atoms. The summed E-state index contributed by atoms with van der Waals surface area (Å²) in [5.41, 5.74) is 3.12. The first-order valence-electron chi connectivity index (χ1n) is 8.97. The normalized spacial score (nSPS) is 17.0. The number of rotatable bonds is 7. The first-order valence-corrected chi connectivity index (χ1v) is 8.97. The number of benzene rings is 1. The van der Waals surface area contributed by atoms with Gasteiger partial charge in [0.1, 0.15) is 0 Å². The van der Waals surface area contributed by atoms with Crippen LogP contribution in [0.1, 0.15) is 18.4 Å². The molecule has 1 aliphatic rings. The van der Waals surface area contributed by atoms with E-state index in [2.05, 4.69) is 22.0 Å². The Balaban J connectivity index is 2.02. The molecule has 1 fully saturated rings. The quantitative estimate of drug-likeness (QED) is 0.823. The van der Waals surface area contributed by atoms with Crippen LogP contribution in [0.3, 0.4) is 0 Å². The lowest BCUT2D eigenvalue weighted by Gasteiger charge is -2.27. The minimum Gasteiger partial charge on any atom is -0.377 e. The van der Waals surface area contributed by atoms with Gasteiger partial charge in [0.05, 0.1) is 6.10 Å². The van der Waals surface area contributed by atoms with Gasteiger partial charge in [-0.25, -0.2) is 4.79 Å². The highest BCUT2D eigenvalue weighted by molar-refractivity contribution is 5.89. The first kappa shape index (κ1) is 19.5. The Labute approximate surface area is 151 Å². The Bertz CT molecular complexity index is 569.